The normalized spacial score (nSPS) is 10.0. The summed E-state index contributed by atoms with van der Waals surface area (Å²) in [7, 11) is 0. The summed E-state index contributed by atoms with van der Waals surface area (Å²) in [6.07, 6.45) is 1.11. The zero-order chi connectivity index (χ0) is 16.7. The molecule has 0 atom stereocenters. The molecular weight excluding hydrogens is 306 g/mol. The second-order valence-electron chi connectivity index (χ2n) is 5.41. The van der Waals surface area contributed by atoms with Crippen LogP contribution in [0.4, 0.5) is 5.69 Å². The number of carbonyl (C=O) groups is 1. The quantitative estimate of drug-likeness (QED) is 0.596. The number of hydrogen-bond donors (Lipinski definition) is 3. The molecule has 0 spiro atoms. The molecule has 0 unspecified atom stereocenters. The average molecular weight is 327 g/mol. The highest BCUT2D eigenvalue weighted by Gasteiger charge is 2.04. The van der Waals surface area contributed by atoms with E-state index in [0.29, 0.717) is 18.0 Å². The number of rotatable bonds is 4. The molecule has 0 bridgehead atoms. The van der Waals surface area contributed by atoms with E-state index in [1.807, 2.05) is 55.5 Å². The van der Waals surface area contributed by atoms with Gasteiger partial charge in [-0.15, -0.1) is 0 Å². The van der Waals surface area contributed by atoms with E-state index >= 15 is 0 Å². The molecule has 0 saturated carbocycles. The molecule has 0 aliphatic carbocycles. The highest BCUT2D eigenvalue weighted by atomic mass is 32.1. The van der Waals surface area contributed by atoms with E-state index < -0.39 is 0 Å². The molecule has 4 nitrogen and oxygen atoms in total. The van der Waals surface area contributed by atoms with Crippen LogP contribution < -0.4 is 16.2 Å². The molecular formula is C18H21N3OS. The molecule has 3 N–H and O–H groups in total. The zero-order valence-corrected chi connectivity index (χ0v) is 14.2. The fourth-order valence-electron chi connectivity index (χ4n) is 2.07. The number of thiocarbonyl (C=S) groups is 1. The molecule has 2 aromatic rings. The van der Waals surface area contributed by atoms with Crippen LogP contribution in [-0.2, 0) is 11.2 Å². The third-order valence-electron chi connectivity index (χ3n) is 3.56. The average Bonchev–Trinajstić information content (AvgIpc) is 2.55. The fraction of sp³-hybridized carbons (Fsp3) is 0.222. The smallest absolute Gasteiger partial charge is 0.238 e. The molecule has 0 saturated heterocycles. The monoisotopic (exact) mass is 327 g/mol. The van der Waals surface area contributed by atoms with Crippen LogP contribution in [0.25, 0.3) is 0 Å². The van der Waals surface area contributed by atoms with Gasteiger partial charge >= 0.3 is 0 Å². The Morgan fingerprint density at radius 2 is 1.74 bits per heavy atom. The summed E-state index contributed by atoms with van der Waals surface area (Å²) in [5.74, 6) is -0.0990. The van der Waals surface area contributed by atoms with Gasteiger partial charge in [-0.1, -0.05) is 36.4 Å². The van der Waals surface area contributed by atoms with Crippen molar-refractivity contribution < 1.29 is 4.79 Å². The molecule has 0 radical (unpaired) electrons. The topological polar surface area (TPSA) is 53.2 Å². The van der Waals surface area contributed by atoms with Gasteiger partial charge in [-0.05, 0) is 61.3 Å². The summed E-state index contributed by atoms with van der Waals surface area (Å²) in [4.78, 5) is 11.8. The number of nitrogens with one attached hydrogen (secondary N) is 3. The summed E-state index contributed by atoms with van der Waals surface area (Å²) in [6, 6.07) is 15.9. The van der Waals surface area contributed by atoms with Crippen LogP contribution in [0.3, 0.4) is 0 Å². The van der Waals surface area contributed by atoms with Gasteiger partial charge in [0, 0.05) is 12.1 Å². The van der Waals surface area contributed by atoms with Crippen molar-refractivity contribution in [2.24, 2.45) is 0 Å². The minimum atomic E-state index is -0.0990. The lowest BCUT2D eigenvalue weighted by atomic mass is 10.1. The van der Waals surface area contributed by atoms with Gasteiger partial charge < -0.3 is 5.32 Å². The summed E-state index contributed by atoms with van der Waals surface area (Å²) >= 11 is 5.17. The molecule has 2 rings (SSSR count). The third-order valence-corrected chi connectivity index (χ3v) is 3.77. The van der Waals surface area contributed by atoms with Crippen molar-refractivity contribution in [1.29, 1.82) is 0 Å². The van der Waals surface area contributed by atoms with Crippen molar-refractivity contribution >= 4 is 28.9 Å². The predicted octanol–water partition coefficient (Wildman–Crippen LogP) is 3.25. The Morgan fingerprint density at radius 3 is 2.43 bits per heavy atom. The number of benzene rings is 2. The molecule has 0 aliphatic heterocycles. The van der Waals surface area contributed by atoms with Gasteiger partial charge in [-0.2, -0.15) is 0 Å². The minimum Gasteiger partial charge on any atom is -0.331 e. The van der Waals surface area contributed by atoms with Crippen molar-refractivity contribution in [3.63, 3.8) is 0 Å². The number of anilines is 1. The van der Waals surface area contributed by atoms with Gasteiger partial charge in [-0.3, -0.25) is 15.6 Å². The maximum absolute atomic E-state index is 11.8. The molecule has 2 aromatic carbocycles. The Labute approximate surface area is 142 Å². The largest absolute Gasteiger partial charge is 0.331 e. The number of hydrogen-bond acceptors (Lipinski definition) is 2. The van der Waals surface area contributed by atoms with E-state index in [4.69, 9.17) is 12.2 Å². The van der Waals surface area contributed by atoms with Crippen LogP contribution in [0.1, 0.15) is 23.1 Å². The lowest BCUT2D eigenvalue weighted by Crippen LogP contribution is -2.43. The van der Waals surface area contributed by atoms with E-state index in [1.165, 1.54) is 11.1 Å². The van der Waals surface area contributed by atoms with Crippen LogP contribution >= 0.6 is 12.2 Å². The Balaban J connectivity index is 1.73. The Hall–Kier alpha value is -2.40. The zero-order valence-electron chi connectivity index (χ0n) is 13.3. The van der Waals surface area contributed by atoms with Gasteiger partial charge in [0.25, 0.3) is 0 Å². The fourth-order valence-corrected chi connectivity index (χ4v) is 2.24. The Morgan fingerprint density at radius 1 is 1.00 bits per heavy atom. The van der Waals surface area contributed by atoms with Gasteiger partial charge in [0.2, 0.25) is 5.91 Å². The maximum Gasteiger partial charge on any atom is 0.238 e. The molecule has 0 aromatic heterocycles. The van der Waals surface area contributed by atoms with E-state index in [9.17, 15) is 4.79 Å². The molecule has 1 amide bonds. The third kappa shape index (κ3) is 5.71. The van der Waals surface area contributed by atoms with E-state index in [1.54, 1.807) is 0 Å². The predicted molar refractivity (Wildman–Crippen MR) is 98.2 cm³/mol. The molecule has 23 heavy (non-hydrogen) atoms. The van der Waals surface area contributed by atoms with Crippen LogP contribution in [0.15, 0.2) is 48.5 Å². The van der Waals surface area contributed by atoms with Crippen molar-refractivity contribution in [1.82, 2.24) is 10.9 Å². The molecule has 5 heteroatoms. The van der Waals surface area contributed by atoms with Crippen molar-refractivity contribution in [3.05, 3.63) is 65.2 Å². The van der Waals surface area contributed by atoms with Crippen molar-refractivity contribution in [2.45, 2.75) is 26.7 Å². The SMILES string of the molecule is Cc1ccc(NC(=S)NNC(=O)CCc2ccccc2)cc1C. The number of aryl methyl sites for hydroxylation is 3. The van der Waals surface area contributed by atoms with E-state index in [2.05, 4.69) is 23.1 Å². The van der Waals surface area contributed by atoms with Crippen molar-refractivity contribution in [3.8, 4) is 0 Å². The number of hydrazine groups is 1. The van der Waals surface area contributed by atoms with Crippen LogP contribution in [0, 0.1) is 13.8 Å². The highest BCUT2D eigenvalue weighted by molar-refractivity contribution is 7.80. The molecule has 0 aliphatic rings. The summed E-state index contributed by atoms with van der Waals surface area (Å²) in [5.41, 5.74) is 9.77. The molecule has 120 valence electrons. The highest BCUT2D eigenvalue weighted by Crippen LogP contribution is 2.13. The first kappa shape index (κ1) is 17.0. The summed E-state index contributed by atoms with van der Waals surface area (Å²) < 4.78 is 0. The van der Waals surface area contributed by atoms with E-state index in [0.717, 1.165) is 11.3 Å². The first-order chi connectivity index (χ1) is 11.0. The molecule has 0 heterocycles. The van der Waals surface area contributed by atoms with Gasteiger partial charge in [0.15, 0.2) is 5.11 Å². The Bertz CT molecular complexity index is 686. The first-order valence-corrected chi connectivity index (χ1v) is 7.92. The first-order valence-electron chi connectivity index (χ1n) is 7.51. The van der Waals surface area contributed by atoms with E-state index in [-0.39, 0.29) is 5.91 Å². The van der Waals surface area contributed by atoms with Crippen molar-refractivity contribution in [2.75, 3.05) is 5.32 Å². The lowest BCUT2D eigenvalue weighted by molar-refractivity contribution is -0.121. The van der Waals surface area contributed by atoms with Gasteiger partial charge in [0.05, 0.1) is 0 Å². The number of amides is 1. The second kappa shape index (κ2) is 8.29. The van der Waals surface area contributed by atoms with Crippen LogP contribution in [0.5, 0.6) is 0 Å². The van der Waals surface area contributed by atoms with Crippen LogP contribution in [0.2, 0.25) is 0 Å². The maximum atomic E-state index is 11.8. The molecule has 0 fully saturated rings. The Kier molecular flexibility index (Phi) is 6.11. The standard InChI is InChI=1S/C18H21N3OS/c1-13-8-10-16(12-14(13)2)19-18(23)21-20-17(22)11-9-15-6-4-3-5-7-15/h3-8,10,12H,9,11H2,1-2H3,(H,20,22)(H2,19,21,23). The summed E-state index contributed by atoms with van der Waals surface area (Å²) in [5, 5.41) is 3.41. The van der Waals surface area contributed by atoms with Gasteiger partial charge in [0.1, 0.15) is 0 Å². The minimum absolute atomic E-state index is 0.0990. The van der Waals surface area contributed by atoms with Crippen LogP contribution in [-0.4, -0.2) is 11.0 Å². The van der Waals surface area contributed by atoms with Gasteiger partial charge in [-0.25, -0.2) is 0 Å². The number of carbonyl (C=O) groups excluding carboxylic acids is 1. The lowest BCUT2D eigenvalue weighted by Gasteiger charge is -2.12. The summed E-state index contributed by atoms with van der Waals surface area (Å²) in [6.45, 7) is 4.10. The second-order valence-corrected chi connectivity index (χ2v) is 5.82.